The number of rotatable bonds is 5. The summed E-state index contributed by atoms with van der Waals surface area (Å²) < 4.78 is 63.9. The van der Waals surface area contributed by atoms with Crippen molar-refractivity contribution in [2.24, 2.45) is 0 Å². The Labute approximate surface area is 133 Å². The van der Waals surface area contributed by atoms with Gasteiger partial charge in [-0.05, 0) is 0 Å². The maximum atomic E-state index is 13.3. The molecule has 12 heteroatoms. The van der Waals surface area contributed by atoms with Crippen LogP contribution in [-0.2, 0) is 11.0 Å². The SMILES string of the molecule is O=C(Nc1ncc(C(F)(F)F)cc1[N+](=O)[O-])C(F)(F)CCI. The van der Waals surface area contributed by atoms with Crippen LogP contribution in [0.2, 0.25) is 0 Å². The number of hydrogen-bond donors (Lipinski definition) is 1. The molecule has 0 radical (unpaired) electrons. The number of anilines is 1. The van der Waals surface area contributed by atoms with Crippen LogP contribution in [0.1, 0.15) is 12.0 Å². The van der Waals surface area contributed by atoms with Crippen molar-refractivity contribution in [3.63, 3.8) is 0 Å². The first kappa shape index (κ1) is 18.4. The van der Waals surface area contributed by atoms with Gasteiger partial charge in [0.05, 0.1) is 10.5 Å². The van der Waals surface area contributed by atoms with Gasteiger partial charge in [-0.2, -0.15) is 22.0 Å². The van der Waals surface area contributed by atoms with E-state index in [0.717, 1.165) is 0 Å². The monoisotopic (exact) mass is 439 g/mol. The van der Waals surface area contributed by atoms with Gasteiger partial charge < -0.3 is 0 Å². The van der Waals surface area contributed by atoms with E-state index < -0.39 is 46.4 Å². The molecule has 1 N–H and O–H groups in total. The normalized spacial score (nSPS) is 12.1. The number of nitrogens with one attached hydrogen (secondary N) is 1. The molecule has 1 rings (SSSR count). The number of alkyl halides is 6. The summed E-state index contributed by atoms with van der Waals surface area (Å²) in [6.45, 7) is 0. The summed E-state index contributed by atoms with van der Waals surface area (Å²) in [7, 11) is 0. The summed E-state index contributed by atoms with van der Waals surface area (Å²) >= 11 is 1.60. The van der Waals surface area contributed by atoms with E-state index in [1.54, 1.807) is 22.6 Å². The average Bonchev–Trinajstić information content (AvgIpc) is 2.37. The second-order valence-electron chi connectivity index (χ2n) is 3.94. The van der Waals surface area contributed by atoms with Crippen LogP contribution in [-0.4, -0.2) is 26.2 Å². The van der Waals surface area contributed by atoms with E-state index in [1.807, 2.05) is 0 Å². The van der Waals surface area contributed by atoms with Gasteiger partial charge in [0.1, 0.15) is 0 Å². The molecule has 1 aromatic rings. The minimum Gasteiger partial charge on any atom is -0.300 e. The summed E-state index contributed by atoms with van der Waals surface area (Å²) in [5.74, 6) is -6.67. The molecule has 0 unspecified atom stereocenters. The van der Waals surface area contributed by atoms with Crippen molar-refractivity contribution >= 4 is 40.0 Å². The Morgan fingerprint density at radius 1 is 1.36 bits per heavy atom. The molecule has 1 aromatic heterocycles. The molecular weight excluding hydrogens is 432 g/mol. The largest absolute Gasteiger partial charge is 0.418 e. The smallest absolute Gasteiger partial charge is 0.300 e. The van der Waals surface area contributed by atoms with Gasteiger partial charge >= 0.3 is 17.8 Å². The highest BCUT2D eigenvalue weighted by Crippen LogP contribution is 2.34. The summed E-state index contributed by atoms with van der Waals surface area (Å²) in [5, 5.41) is 12.2. The first-order valence-corrected chi connectivity index (χ1v) is 6.98. The van der Waals surface area contributed by atoms with Gasteiger partial charge in [0, 0.05) is 23.1 Å². The number of hydrogen-bond acceptors (Lipinski definition) is 4. The maximum Gasteiger partial charge on any atom is 0.418 e. The second-order valence-corrected chi connectivity index (χ2v) is 5.02. The zero-order valence-electron chi connectivity index (χ0n) is 10.5. The number of aromatic nitrogens is 1. The molecule has 0 saturated carbocycles. The van der Waals surface area contributed by atoms with Crippen molar-refractivity contribution in [2.45, 2.75) is 18.5 Å². The van der Waals surface area contributed by atoms with Crippen LogP contribution >= 0.6 is 22.6 Å². The lowest BCUT2D eigenvalue weighted by molar-refractivity contribution is -0.384. The molecule has 22 heavy (non-hydrogen) atoms. The molecule has 6 nitrogen and oxygen atoms in total. The minimum atomic E-state index is -4.90. The predicted molar refractivity (Wildman–Crippen MR) is 73.0 cm³/mol. The van der Waals surface area contributed by atoms with E-state index in [-0.39, 0.29) is 16.7 Å². The van der Waals surface area contributed by atoms with E-state index in [0.29, 0.717) is 0 Å². The minimum absolute atomic E-state index is 0.0687. The lowest BCUT2D eigenvalue weighted by atomic mass is 10.2. The molecule has 0 aliphatic rings. The van der Waals surface area contributed by atoms with E-state index in [9.17, 15) is 36.9 Å². The van der Waals surface area contributed by atoms with Crippen molar-refractivity contribution < 1.29 is 31.7 Å². The zero-order chi connectivity index (χ0) is 17.1. The van der Waals surface area contributed by atoms with Crippen molar-refractivity contribution in [1.29, 1.82) is 0 Å². The van der Waals surface area contributed by atoms with Gasteiger partial charge in [-0.3, -0.25) is 20.2 Å². The van der Waals surface area contributed by atoms with Crippen LogP contribution in [0.25, 0.3) is 0 Å². The summed E-state index contributed by atoms with van der Waals surface area (Å²) in [4.78, 5) is 23.8. The van der Waals surface area contributed by atoms with Crippen molar-refractivity contribution in [3.8, 4) is 0 Å². The number of amides is 1. The van der Waals surface area contributed by atoms with Gasteiger partial charge in [-0.25, -0.2) is 4.98 Å². The lowest BCUT2D eigenvalue weighted by Gasteiger charge is -2.14. The Balaban J connectivity index is 3.15. The molecule has 0 saturated heterocycles. The first-order chi connectivity index (χ1) is 9.99. The van der Waals surface area contributed by atoms with Gasteiger partial charge in [0.25, 0.3) is 5.91 Å². The van der Waals surface area contributed by atoms with Crippen LogP contribution in [0.15, 0.2) is 12.3 Å². The molecule has 1 amide bonds. The first-order valence-electron chi connectivity index (χ1n) is 5.46. The van der Waals surface area contributed by atoms with Crippen LogP contribution in [0.5, 0.6) is 0 Å². The van der Waals surface area contributed by atoms with E-state index in [4.69, 9.17) is 0 Å². The number of nitrogens with zero attached hydrogens (tertiary/aromatic N) is 2. The third-order valence-electron chi connectivity index (χ3n) is 2.36. The number of halogens is 6. The Morgan fingerprint density at radius 2 is 1.95 bits per heavy atom. The molecule has 0 fully saturated rings. The Kier molecular flexibility index (Phi) is 5.59. The highest BCUT2D eigenvalue weighted by atomic mass is 127. The fraction of sp³-hybridized carbons (Fsp3) is 0.400. The second kappa shape index (κ2) is 6.66. The van der Waals surface area contributed by atoms with Crippen LogP contribution in [0.4, 0.5) is 33.5 Å². The molecule has 0 aliphatic carbocycles. The fourth-order valence-corrected chi connectivity index (χ4v) is 1.95. The van der Waals surface area contributed by atoms with E-state index in [2.05, 4.69) is 4.98 Å². The highest BCUT2D eigenvalue weighted by molar-refractivity contribution is 14.1. The van der Waals surface area contributed by atoms with Crippen LogP contribution in [0.3, 0.4) is 0 Å². The van der Waals surface area contributed by atoms with Crippen molar-refractivity contribution in [3.05, 3.63) is 27.9 Å². The maximum absolute atomic E-state index is 13.3. The molecular formula is C10H7F5IN3O3. The number of carbonyl (C=O) groups excluding carboxylic acids is 1. The number of nitro groups is 1. The summed E-state index contributed by atoms with van der Waals surface area (Å²) in [6.07, 6.45) is -5.52. The van der Waals surface area contributed by atoms with Crippen LogP contribution < -0.4 is 5.32 Å². The molecule has 0 aromatic carbocycles. The van der Waals surface area contributed by atoms with E-state index >= 15 is 0 Å². The highest BCUT2D eigenvalue weighted by Gasteiger charge is 2.40. The Bertz CT molecular complexity index is 594. The Morgan fingerprint density at radius 3 is 2.41 bits per heavy atom. The van der Waals surface area contributed by atoms with Crippen molar-refractivity contribution in [2.75, 3.05) is 9.74 Å². The summed E-state index contributed by atoms with van der Waals surface area (Å²) in [5.41, 5.74) is -2.66. The van der Waals surface area contributed by atoms with Gasteiger partial charge in [0.2, 0.25) is 5.82 Å². The molecule has 122 valence electrons. The predicted octanol–water partition coefficient (Wildman–Crippen LogP) is 3.41. The quantitative estimate of drug-likeness (QED) is 0.251. The molecule has 0 spiro atoms. The van der Waals surface area contributed by atoms with Gasteiger partial charge in [-0.15, -0.1) is 0 Å². The third-order valence-corrected chi connectivity index (χ3v) is 2.90. The molecule has 0 aliphatic heterocycles. The topological polar surface area (TPSA) is 85.1 Å². The average molecular weight is 439 g/mol. The summed E-state index contributed by atoms with van der Waals surface area (Å²) in [6, 6.07) is 0.110. The standard InChI is InChI=1S/C10H7F5IN3O3/c11-9(12,1-2-16)8(20)18-7-6(19(21)22)3-5(4-17-7)10(13,14)15/h3-4H,1-2H2,(H,17,18,20). The molecule has 0 atom stereocenters. The molecule has 1 heterocycles. The van der Waals surface area contributed by atoms with Gasteiger partial charge in [0.15, 0.2) is 0 Å². The lowest BCUT2D eigenvalue weighted by Crippen LogP contribution is -2.35. The fourth-order valence-electron chi connectivity index (χ4n) is 1.27. The van der Waals surface area contributed by atoms with Crippen LogP contribution in [0, 0.1) is 10.1 Å². The Hall–Kier alpha value is -1.60. The molecule has 0 bridgehead atoms. The third kappa shape index (κ3) is 4.45. The van der Waals surface area contributed by atoms with Crippen molar-refractivity contribution in [1.82, 2.24) is 4.98 Å². The number of pyridine rings is 1. The zero-order valence-corrected chi connectivity index (χ0v) is 12.6. The number of carbonyl (C=O) groups is 1. The van der Waals surface area contributed by atoms with Gasteiger partial charge in [-0.1, -0.05) is 22.6 Å². The van der Waals surface area contributed by atoms with E-state index in [1.165, 1.54) is 5.32 Å².